The van der Waals surface area contributed by atoms with Gasteiger partial charge in [0.25, 0.3) is 5.91 Å². The number of nitrogens with zero attached hydrogens (tertiary/aromatic N) is 4. The molecule has 12 heteroatoms. The van der Waals surface area contributed by atoms with E-state index in [-0.39, 0.29) is 35.8 Å². The number of carbonyl (C=O) groups excluding carboxylic acids is 2. The van der Waals surface area contributed by atoms with Crippen LogP contribution in [-0.4, -0.2) is 116 Å². The fraction of sp³-hybridized carbons (Fsp3) is 0.548. The van der Waals surface area contributed by atoms with Crippen LogP contribution in [0, 0.1) is 0 Å². The molecule has 2 amide bonds. The Kier molecular flexibility index (Phi) is 14.2. The van der Waals surface area contributed by atoms with Crippen molar-refractivity contribution in [1.82, 2.24) is 20.1 Å². The molecule has 0 radical (unpaired) electrons. The smallest absolute Gasteiger partial charge is 0.262 e. The molecule has 292 valence electrons. The van der Waals surface area contributed by atoms with E-state index in [1.165, 1.54) is 11.1 Å². The first kappa shape index (κ1) is 39.5. The average Bonchev–Trinajstić information content (AvgIpc) is 3.19. The molecular formula is C42H58N6O6. The number of pyridine rings is 1. The Hall–Kier alpha value is -4.23. The van der Waals surface area contributed by atoms with Gasteiger partial charge in [0.1, 0.15) is 17.3 Å². The molecule has 0 aliphatic carbocycles. The van der Waals surface area contributed by atoms with E-state index in [2.05, 4.69) is 75.7 Å². The first-order valence-corrected chi connectivity index (χ1v) is 19.8. The Morgan fingerprint density at radius 1 is 1.04 bits per heavy atom. The van der Waals surface area contributed by atoms with Gasteiger partial charge in [0.15, 0.2) is 12.4 Å². The van der Waals surface area contributed by atoms with Crippen molar-refractivity contribution >= 4 is 23.3 Å². The van der Waals surface area contributed by atoms with Crippen LogP contribution in [0.3, 0.4) is 0 Å². The molecule has 2 aromatic carbocycles. The average molecular weight is 743 g/mol. The highest BCUT2D eigenvalue weighted by Gasteiger charge is 2.40. The number of ether oxygens (including phenoxy) is 3. The molecule has 0 bridgehead atoms. The van der Waals surface area contributed by atoms with Crippen molar-refractivity contribution in [2.45, 2.75) is 77.0 Å². The number of anilines is 2. The lowest BCUT2D eigenvalue weighted by Crippen LogP contribution is -2.57. The Morgan fingerprint density at radius 3 is 2.67 bits per heavy atom. The van der Waals surface area contributed by atoms with Crippen molar-refractivity contribution in [1.29, 1.82) is 0 Å². The number of carbonyl (C=O) groups is 2. The second kappa shape index (κ2) is 19.4. The molecule has 0 unspecified atom stereocenters. The standard InChI is InChI=1S/C42H58N6O6/c1-3-35(4-2)48(23-20-43-19-13-34-11-12-36(49)40-41(34)53-30-38(50)45-40)39(51)15-26-52-25-14-32-8-7-9-33(28-32)29-46-21-16-42(17-22-46)31-47(24-27-54-42)37-10-5-6-18-44-37/h5-12,18,28,35,43,49H,3-4,13-17,19-27,29-31H2,1-2H3,(H,45,50). The zero-order valence-electron chi connectivity index (χ0n) is 32.1. The molecule has 54 heavy (non-hydrogen) atoms. The highest BCUT2D eigenvalue weighted by atomic mass is 16.5. The van der Waals surface area contributed by atoms with Gasteiger partial charge in [-0.25, -0.2) is 4.98 Å². The maximum atomic E-state index is 13.4. The van der Waals surface area contributed by atoms with Gasteiger partial charge in [0.05, 0.1) is 31.8 Å². The number of aromatic hydroxyl groups is 1. The largest absolute Gasteiger partial charge is 0.506 e. The molecule has 1 spiro atoms. The van der Waals surface area contributed by atoms with Gasteiger partial charge in [-0.2, -0.15) is 0 Å². The van der Waals surface area contributed by atoms with Crippen molar-refractivity contribution in [3.8, 4) is 11.5 Å². The summed E-state index contributed by atoms with van der Waals surface area (Å²) < 4.78 is 18.0. The third-order valence-corrected chi connectivity index (χ3v) is 11.0. The van der Waals surface area contributed by atoms with E-state index in [1.54, 1.807) is 6.07 Å². The predicted molar refractivity (Wildman–Crippen MR) is 210 cm³/mol. The molecule has 3 aliphatic rings. The van der Waals surface area contributed by atoms with Gasteiger partial charge in [-0.3, -0.25) is 14.5 Å². The molecule has 12 nitrogen and oxygen atoms in total. The number of benzene rings is 2. The summed E-state index contributed by atoms with van der Waals surface area (Å²) in [6.07, 6.45) is 7.55. The first-order valence-electron chi connectivity index (χ1n) is 19.8. The molecule has 3 aromatic rings. The lowest BCUT2D eigenvalue weighted by atomic mass is 9.89. The Morgan fingerprint density at radius 2 is 1.87 bits per heavy atom. The summed E-state index contributed by atoms with van der Waals surface area (Å²) in [6, 6.07) is 18.5. The minimum atomic E-state index is -0.280. The maximum Gasteiger partial charge on any atom is 0.262 e. The molecule has 2 saturated heterocycles. The van der Waals surface area contributed by atoms with E-state index in [0.29, 0.717) is 57.1 Å². The monoisotopic (exact) mass is 742 g/mol. The number of hydrogen-bond acceptors (Lipinski definition) is 10. The van der Waals surface area contributed by atoms with Crippen molar-refractivity contribution in [3.63, 3.8) is 0 Å². The fourth-order valence-electron chi connectivity index (χ4n) is 7.94. The lowest BCUT2D eigenvalue weighted by Gasteiger charge is -2.47. The third-order valence-electron chi connectivity index (χ3n) is 11.0. The van der Waals surface area contributed by atoms with E-state index in [0.717, 1.165) is 82.8 Å². The quantitative estimate of drug-likeness (QED) is 0.124. The summed E-state index contributed by atoms with van der Waals surface area (Å²) in [5.74, 6) is 1.40. The number of likely N-dealkylation sites (tertiary alicyclic amines) is 1. The number of phenolic OH excluding ortho intramolecular Hbond substituents is 1. The van der Waals surface area contributed by atoms with E-state index in [1.807, 2.05) is 23.2 Å². The number of phenols is 1. The molecule has 0 saturated carbocycles. The molecule has 1 aromatic heterocycles. The minimum absolute atomic E-state index is 0.00508. The Labute approximate surface area is 320 Å². The van der Waals surface area contributed by atoms with Crippen molar-refractivity contribution < 1.29 is 28.9 Å². The van der Waals surface area contributed by atoms with Crippen LogP contribution < -0.4 is 20.3 Å². The van der Waals surface area contributed by atoms with Crippen LogP contribution in [0.15, 0.2) is 60.8 Å². The van der Waals surface area contributed by atoms with Crippen LogP contribution in [-0.2, 0) is 38.4 Å². The summed E-state index contributed by atoms with van der Waals surface area (Å²) in [5.41, 5.74) is 3.71. The number of hydrogen-bond donors (Lipinski definition) is 3. The van der Waals surface area contributed by atoms with Gasteiger partial charge in [0.2, 0.25) is 5.91 Å². The summed E-state index contributed by atoms with van der Waals surface area (Å²) in [4.78, 5) is 36.6. The van der Waals surface area contributed by atoms with E-state index < -0.39 is 0 Å². The third kappa shape index (κ3) is 10.5. The van der Waals surface area contributed by atoms with Crippen LogP contribution in [0.4, 0.5) is 11.5 Å². The Bertz CT molecular complexity index is 1660. The van der Waals surface area contributed by atoms with Gasteiger partial charge < -0.3 is 39.8 Å². The molecular weight excluding hydrogens is 684 g/mol. The maximum absolute atomic E-state index is 13.4. The highest BCUT2D eigenvalue weighted by molar-refractivity contribution is 5.97. The molecule has 3 N–H and O–H groups in total. The number of rotatable bonds is 18. The summed E-state index contributed by atoms with van der Waals surface area (Å²) in [5, 5.41) is 16.3. The van der Waals surface area contributed by atoms with Crippen LogP contribution in [0.5, 0.6) is 11.5 Å². The van der Waals surface area contributed by atoms with Crippen LogP contribution in [0.1, 0.15) is 62.6 Å². The number of fused-ring (bicyclic) bond motifs is 1. The van der Waals surface area contributed by atoms with Crippen molar-refractivity contribution in [2.75, 3.05) is 82.5 Å². The van der Waals surface area contributed by atoms with Crippen LogP contribution >= 0.6 is 0 Å². The first-order chi connectivity index (χ1) is 26.4. The zero-order valence-corrected chi connectivity index (χ0v) is 32.1. The van der Waals surface area contributed by atoms with Gasteiger partial charge in [-0.15, -0.1) is 0 Å². The number of amides is 2. The van der Waals surface area contributed by atoms with Crippen LogP contribution in [0.2, 0.25) is 0 Å². The normalized spacial score (nSPS) is 16.9. The minimum Gasteiger partial charge on any atom is -0.506 e. The summed E-state index contributed by atoms with van der Waals surface area (Å²) >= 11 is 0. The van der Waals surface area contributed by atoms with E-state index in [4.69, 9.17) is 14.2 Å². The van der Waals surface area contributed by atoms with E-state index in [9.17, 15) is 14.7 Å². The summed E-state index contributed by atoms with van der Waals surface area (Å²) in [6.45, 7) is 12.6. The number of piperidine rings is 1. The predicted octanol–water partition coefficient (Wildman–Crippen LogP) is 4.79. The molecule has 6 rings (SSSR count). The fourth-order valence-corrected chi connectivity index (χ4v) is 7.94. The highest BCUT2D eigenvalue weighted by Crippen LogP contribution is 2.39. The number of aromatic nitrogens is 1. The Balaban J connectivity index is 0.887. The topological polar surface area (TPSA) is 129 Å². The van der Waals surface area contributed by atoms with Gasteiger partial charge in [-0.1, -0.05) is 50.2 Å². The number of morpholine rings is 1. The lowest BCUT2D eigenvalue weighted by molar-refractivity contribution is -0.134. The van der Waals surface area contributed by atoms with E-state index >= 15 is 0 Å². The zero-order chi connectivity index (χ0) is 37.8. The molecule has 3 aliphatic heterocycles. The summed E-state index contributed by atoms with van der Waals surface area (Å²) in [7, 11) is 0. The molecule has 2 fully saturated rings. The molecule has 0 atom stereocenters. The van der Waals surface area contributed by atoms with Gasteiger partial charge in [-0.05, 0) is 80.0 Å². The van der Waals surface area contributed by atoms with Gasteiger partial charge in [0, 0.05) is 58.1 Å². The SMILES string of the molecule is CCC(CC)N(CCNCCc1ccc(O)c2c1OCC(=O)N2)C(=O)CCOCCc1cccc(CN2CCC3(CC2)CN(c2ccccn2)CCO3)c1. The van der Waals surface area contributed by atoms with Gasteiger partial charge >= 0.3 is 0 Å². The second-order valence-electron chi connectivity index (χ2n) is 14.7. The van der Waals surface area contributed by atoms with Crippen LogP contribution in [0.25, 0.3) is 0 Å². The number of nitrogens with one attached hydrogen (secondary N) is 2. The van der Waals surface area contributed by atoms with Crippen molar-refractivity contribution in [2.24, 2.45) is 0 Å². The van der Waals surface area contributed by atoms with Crippen molar-refractivity contribution in [3.05, 3.63) is 77.5 Å². The molecule has 4 heterocycles. The second-order valence-corrected chi connectivity index (χ2v) is 14.7.